The summed E-state index contributed by atoms with van der Waals surface area (Å²) in [5.74, 6) is 1.69. The molecular formula is C27H44OSi2. The summed E-state index contributed by atoms with van der Waals surface area (Å²) in [6.45, 7) is 33.2. The first-order valence-corrected chi connectivity index (χ1v) is 17.4. The zero-order valence-electron chi connectivity index (χ0n) is 21.6. The second-order valence-electron chi connectivity index (χ2n) is 11.1. The molecule has 0 radical (unpaired) electrons. The Morgan fingerprint density at radius 1 is 1.10 bits per heavy atom. The molecule has 1 aromatic rings. The minimum atomic E-state index is -1.96. The Balaban J connectivity index is 2.92. The topological polar surface area (TPSA) is 9.23 Å². The van der Waals surface area contributed by atoms with Gasteiger partial charge in [0.1, 0.15) is 20.4 Å². The van der Waals surface area contributed by atoms with E-state index < -0.39 is 16.9 Å². The highest BCUT2D eigenvalue weighted by atomic mass is 28.3. The third kappa shape index (κ3) is 4.20. The van der Waals surface area contributed by atoms with Crippen molar-refractivity contribution in [3.63, 3.8) is 0 Å². The molecule has 1 nitrogen and oxygen atoms in total. The van der Waals surface area contributed by atoms with Gasteiger partial charge in [-0.1, -0.05) is 99.7 Å². The van der Waals surface area contributed by atoms with E-state index in [2.05, 4.69) is 94.2 Å². The SMILES string of the molecule is C=CCOc1c([Si](C)(C)C2=C(C)C(C)=C(C)C2C)cc(C)c([SiH](C)C)c1C(C)(C)C. The molecule has 0 bridgehead atoms. The van der Waals surface area contributed by atoms with Crippen molar-refractivity contribution in [1.82, 2.24) is 0 Å². The Kier molecular flexibility index (Phi) is 7.20. The normalized spacial score (nSPS) is 18.0. The van der Waals surface area contributed by atoms with Crippen LogP contribution in [0.2, 0.25) is 26.2 Å². The van der Waals surface area contributed by atoms with Gasteiger partial charge in [0, 0.05) is 0 Å². The molecule has 0 fully saturated rings. The molecule has 1 aromatic carbocycles. The first kappa shape index (κ1) is 24.9. The number of benzene rings is 1. The fourth-order valence-corrected chi connectivity index (χ4v) is 11.8. The Labute approximate surface area is 188 Å². The van der Waals surface area contributed by atoms with Crippen molar-refractivity contribution in [2.75, 3.05) is 6.61 Å². The second-order valence-corrected chi connectivity index (χ2v) is 18.3. The molecule has 0 amide bonds. The van der Waals surface area contributed by atoms with Gasteiger partial charge in [-0.15, -0.1) is 0 Å². The fraction of sp³-hybridized carbons (Fsp3) is 0.556. The molecule has 1 aliphatic carbocycles. The molecule has 0 aromatic heterocycles. The second kappa shape index (κ2) is 8.66. The van der Waals surface area contributed by atoms with E-state index in [0.717, 1.165) is 5.75 Å². The molecule has 0 saturated carbocycles. The minimum absolute atomic E-state index is 0.0448. The highest BCUT2D eigenvalue weighted by molar-refractivity contribution is 6.96. The van der Waals surface area contributed by atoms with Crippen molar-refractivity contribution in [1.29, 1.82) is 0 Å². The van der Waals surface area contributed by atoms with E-state index in [0.29, 0.717) is 12.5 Å². The zero-order chi connectivity index (χ0) is 23.2. The van der Waals surface area contributed by atoms with E-state index in [9.17, 15) is 0 Å². The molecule has 0 aliphatic heterocycles. The smallest absolute Gasteiger partial charge is 0.123 e. The maximum absolute atomic E-state index is 6.56. The molecule has 3 heteroatoms. The van der Waals surface area contributed by atoms with Gasteiger partial charge in [-0.25, -0.2) is 0 Å². The number of rotatable bonds is 6. The molecule has 0 spiro atoms. The average Bonchev–Trinajstić information content (AvgIpc) is 2.82. The van der Waals surface area contributed by atoms with Crippen LogP contribution in [0.1, 0.15) is 59.6 Å². The van der Waals surface area contributed by atoms with Gasteiger partial charge in [-0.3, -0.25) is 0 Å². The highest BCUT2D eigenvalue weighted by Crippen LogP contribution is 2.43. The van der Waals surface area contributed by atoms with E-state index in [1.54, 1.807) is 10.4 Å². The number of hydrogen-bond donors (Lipinski definition) is 0. The van der Waals surface area contributed by atoms with Crippen LogP contribution >= 0.6 is 0 Å². The van der Waals surface area contributed by atoms with Gasteiger partial charge in [-0.2, -0.15) is 0 Å². The summed E-state index contributed by atoms with van der Waals surface area (Å²) >= 11 is 0. The van der Waals surface area contributed by atoms with Crippen molar-refractivity contribution in [3.8, 4) is 5.75 Å². The van der Waals surface area contributed by atoms with Gasteiger partial charge in [-0.05, 0) is 55.4 Å². The summed E-state index contributed by atoms with van der Waals surface area (Å²) in [6, 6.07) is 2.50. The van der Waals surface area contributed by atoms with E-state index in [4.69, 9.17) is 4.74 Å². The monoisotopic (exact) mass is 440 g/mol. The zero-order valence-corrected chi connectivity index (χ0v) is 23.8. The predicted molar refractivity (Wildman–Crippen MR) is 141 cm³/mol. The van der Waals surface area contributed by atoms with Crippen LogP contribution in [-0.4, -0.2) is 23.5 Å². The number of allylic oxidation sites excluding steroid dienone is 4. The summed E-state index contributed by atoms with van der Waals surface area (Å²) in [5.41, 5.74) is 7.51. The van der Waals surface area contributed by atoms with Crippen LogP contribution in [0.4, 0.5) is 0 Å². The van der Waals surface area contributed by atoms with Crippen molar-refractivity contribution in [3.05, 3.63) is 51.8 Å². The Morgan fingerprint density at radius 2 is 1.67 bits per heavy atom. The Hall–Kier alpha value is -1.33. The van der Waals surface area contributed by atoms with Gasteiger partial charge in [0.2, 0.25) is 0 Å². The molecule has 1 aliphatic rings. The van der Waals surface area contributed by atoms with Gasteiger partial charge < -0.3 is 4.74 Å². The third-order valence-corrected chi connectivity index (χ3v) is 13.0. The molecule has 0 saturated heterocycles. The summed E-state index contributed by atoms with van der Waals surface area (Å²) in [4.78, 5) is 0. The van der Waals surface area contributed by atoms with E-state index in [1.807, 2.05) is 6.08 Å². The van der Waals surface area contributed by atoms with Crippen LogP contribution in [-0.2, 0) is 5.41 Å². The molecule has 1 unspecified atom stereocenters. The van der Waals surface area contributed by atoms with Gasteiger partial charge in [0.05, 0.1) is 8.80 Å². The van der Waals surface area contributed by atoms with Crippen molar-refractivity contribution >= 4 is 27.2 Å². The largest absolute Gasteiger partial charge is 0.489 e. The molecule has 1 atom stereocenters. The standard InChI is InChI=1S/C27H44OSi2/c1-14-15-28-24-22(16-17(2)25(29(10)11)23(24)27(7,8)9)30(12,13)26-20(5)18(3)19(4)21(26)6/h14,16,20,29H,1,15H2,2-13H3. The average molecular weight is 441 g/mol. The summed E-state index contributed by atoms with van der Waals surface area (Å²) in [6.07, 6.45) is 1.88. The molecular weight excluding hydrogens is 396 g/mol. The van der Waals surface area contributed by atoms with Crippen LogP contribution in [0, 0.1) is 12.8 Å². The lowest BCUT2D eigenvalue weighted by Gasteiger charge is -2.37. The fourth-order valence-electron chi connectivity index (χ4n) is 5.58. The maximum Gasteiger partial charge on any atom is 0.123 e. The molecule has 0 heterocycles. The van der Waals surface area contributed by atoms with Crippen LogP contribution in [0.5, 0.6) is 5.75 Å². The highest BCUT2D eigenvalue weighted by Gasteiger charge is 2.41. The van der Waals surface area contributed by atoms with Crippen LogP contribution in [0.3, 0.4) is 0 Å². The summed E-state index contributed by atoms with van der Waals surface area (Å²) in [7, 11) is -2.98. The number of hydrogen-bond acceptors (Lipinski definition) is 1. The van der Waals surface area contributed by atoms with Crippen molar-refractivity contribution < 1.29 is 4.74 Å². The van der Waals surface area contributed by atoms with Crippen molar-refractivity contribution in [2.45, 2.75) is 87.0 Å². The third-order valence-electron chi connectivity index (χ3n) is 7.19. The summed E-state index contributed by atoms with van der Waals surface area (Å²) in [5, 5.41) is 4.73. The summed E-state index contributed by atoms with van der Waals surface area (Å²) < 4.78 is 6.56. The predicted octanol–water partition coefficient (Wildman–Crippen LogP) is 6.31. The van der Waals surface area contributed by atoms with Gasteiger partial charge in [0.15, 0.2) is 0 Å². The minimum Gasteiger partial charge on any atom is -0.489 e. The lowest BCUT2D eigenvalue weighted by atomic mass is 9.85. The van der Waals surface area contributed by atoms with E-state index in [1.165, 1.54) is 33.0 Å². The number of aryl methyl sites for hydroxylation is 1. The van der Waals surface area contributed by atoms with Gasteiger partial charge in [0.25, 0.3) is 0 Å². The van der Waals surface area contributed by atoms with Crippen LogP contribution in [0.15, 0.2) is 40.6 Å². The van der Waals surface area contributed by atoms with Crippen LogP contribution < -0.4 is 15.1 Å². The quantitative estimate of drug-likeness (QED) is 0.372. The number of ether oxygens (including phenoxy) is 1. The van der Waals surface area contributed by atoms with Crippen LogP contribution in [0.25, 0.3) is 0 Å². The maximum atomic E-state index is 6.56. The Bertz CT molecular complexity index is 908. The molecule has 30 heavy (non-hydrogen) atoms. The van der Waals surface area contributed by atoms with Crippen molar-refractivity contribution in [2.24, 2.45) is 5.92 Å². The van der Waals surface area contributed by atoms with E-state index >= 15 is 0 Å². The first-order chi connectivity index (χ1) is 13.7. The lowest BCUT2D eigenvalue weighted by molar-refractivity contribution is 0.354. The lowest BCUT2D eigenvalue weighted by Crippen LogP contribution is -2.49. The van der Waals surface area contributed by atoms with Gasteiger partial charge >= 0.3 is 0 Å². The van der Waals surface area contributed by atoms with E-state index in [-0.39, 0.29) is 5.41 Å². The first-order valence-electron chi connectivity index (χ1n) is 11.5. The molecule has 2 rings (SSSR count). The molecule has 166 valence electrons. The molecule has 0 N–H and O–H groups in total. The Morgan fingerprint density at radius 3 is 2.07 bits per heavy atom.